The third-order valence-corrected chi connectivity index (χ3v) is 6.43. The summed E-state index contributed by atoms with van der Waals surface area (Å²) in [5.41, 5.74) is 1.12. The van der Waals surface area contributed by atoms with Gasteiger partial charge in [0, 0.05) is 32.7 Å². The van der Waals surface area contributed by atoms with E-state index in [1.54, 1.807) is 17.0 Å². The molecule has 0 aromatic heterocycles. The number of rotatable bonds is 6. The molecule has 0 unspecified atom stereocenters. The van der Waals surface area contributed by atoms with Gasteiger partial charge in [0.2, 0.25) is 10.0 Å². The molecule has 1 heterocycles. The molecule has 6 nitrogen and oxygen atoms in total. The molecule has 25 heavy (non-hydrogen) atoms. The fourth-order valence-electron chi connectivity index (χ4n) is 2.79. The van der Waals surface area contributed by atoms with E-state index in [9.17, 15) is 13.2 Å². The molecular formula is C18H29N3O3S. The zero-order valence-electron chi connectivity index (χ0n) is 15.4. The number of hydrogen-bond acceptors (Lipinski definition) is 3. The van der Waals surface area contributed by atoms with Gasteiger partial charge in [0.05, 0.1) is 4.90 Å². The van der Waals surface area contributed by atoms with Gasteiger partial charge in [-0.2, -0.15) is 4.31 Å². The summed E-state index contributed by atoms with van der Waals surface area (Å²) < 4.78 is 27.0. The molecule has 0 saturated carbocycles. The van der Waals surface area contributed by atoms with Crippen molar-refractivity contribution in [3.05, 3.63) is 29.8 Å². The van der Waals surface area contributed by atoms with Gasteiger partial charge in [-0.05, 0) is 30.0 Å². The van der Waals surface area contributed by atoms with E-state index in [-0.39, 0.29) is 6.03 Å². The van der Waals surface area contributed by atoms with Crippen LogP contribution in [0.3, 0.4) is 0 Å². The Morgan fingerprint density at radius 1 is 1.12 bits per heavy atom. The second kappa shape index (κ2) is 8.67. The zero-order chi connectivity index (χ0) is 18.4. The number of benzene rings is 1. The maximum absolute atomic E-state index is 12.8. The quantitative estimate of drug-likeness (QED) is 0.786. The van der Waals surface area contributed by atoms with E-state index < -0.39 is 10.0 Å². The van der Waals surface area contributed by atoms with Crippen LogP contribution in [0.15, 0.2) is 29.2 Å². The Morgan fingerprint density at radius 3 is 2.24 bits per heavy atom. The lowest BCUT2D eigenvalue weighted by Crippen LogP contribution is -2.53. The summed E-state index contributed by atoms with van der Waals surface area (Å²) in [5.74, 6) is 0.367. The van der Waals surface area contributed by atoms with Crippen LogP contribution in [0, 0.1) is 0 Å². The van der Waals surface area contributed by atoms with E-state index in [2.05, 4.69) is 26.1 Å². The molecule has 1 aromatic rings. The maximum Gasteiger partial charge on any atom is 0.317 e. The summed E-state index contributed by atoms with van der Waals surface area (Å²) in [6.07, 6.45) is 1.98. The molecule has 1 aromatic carbocycles. The maximum atomic E-state index is 12.8. The van der Waals surface area contributed by atoms with Crippen LogP contribution in [0.5, 0.6) is 0 Å². The Labute approximate surface area is 151 Å². The average molecular weight is 368 g/mol. The van der Waals surface area contributed by atoms with Crippen molar-refractivity contribution in [3.63, 3.8) is 0 Å². The molecule has 1 fully saturated rings. The van der Waals surface area contributed by atoms with Crippen LogP contribution in [-0.4, -0.2) is 56.4 Å². The first-order valence-corrected chi connectivity index (χ1v) is 10.4. The van der Waals surface area contributed by atoms with Crippen molar-refractivity contribution in [1.82, 2.24) is 14.5 Å². The second-order valence-electron chi connectivity index (χ2n) is 6.70. The highest BCUT2D eigenvalue weighted by Gasteiger charge is 2.30. The normalized spacial score (nSPS) is 16.2. The number of sulfonamides is 1. The molecule has 2 amide bonds. The molecule has 0 spiro atoms. The van der Waals surface area contributed by atoms with E-state index >= 15 is 0 Å². The number of carbonyl (C=O) groups is 1. The van der Waals surface area contributed by atoms with Crippen LogP contribution in [0.4, 0.5) is 4.79 Å². The predicted molar refractivity (Wildman–Crippen MR) is 99.2 cm³/mol. The van der Waals surface area contributed by atoms with Crippen LogP contribution in [-0.2, 0) is 10.0 Å². The topological polar surface area (TPSA) is 69.7 Å². The van der Waals surface area contributed by atoms with Crippen molar-refractivity contribution in [2.24, 2.45) is 0 Å². The largest absolute Gasteiger partial charge is 0.338 e. The van der Waals surface area contributed by atoms with Crippen molar-refractivity contribution < 1.29 is 13.2 Å². The fourth-order valence-corrected chi connectivity index (χ4v) is 4.21. The van der Waals surface area contributed by atoms with Crippen LogP contribution in [0.2, 0.25) is 0 Å². The van der Waals surface area contributed by atoms with E-state index in [1.807, 2.05) is 12.1 Å². The second-order valence-corrected chi connectivity index (χ2v) is 8.64. The summed E-state index contributed by atoms with van der Waals surface area (Å²) >= 11 is 0. The number of urea groups is 1. The number of amides is 2. The van der Waals surface area contributed by atoms with E-state index in [0.29, 0.717) is 43.5 Å². The summed E-state index contributed by atoms with van der Waals surface area (Å²) in [7, 11) is -3.50. The lowest BCUT2D eigenvalue weighted by Gasteiger charge is -2.34. The monoisotopic (exact) mass is 367 g/mol. The highest BCUT2D eigenvalue weighted by Crippen LogP contribution is 2.21. The Bertz CT molecular complexity index is 663. The smallest absolute Gasteiger partial charge is 0.317 e. The molecule has 1 aliphatic heterocycles. The minimum atomic E-state index is -3.50. The number of hydrogen-bond donors (Lipinski definition) is 1. The molecule has 1 aliphatic rings. The fraction of sp³-hybridized carbons (Fsp3) is 0.611. The minimum absolute atomic E-state index is 0.105. The first-order valence-electron chi connectivity index (χ1n) is 8.99. The standard InChI is InChI=1S/C18H29N3O3S/c1-4-5-10-19-18(22)20-11-13-21(14-12-20)25(23,24)17-8-6-16(7-9-17)15(2)3/h6-9,15H,4-5,10-14H2,1-3H3,(H,19,22). The van der Waals surface area contributed by atoms with Crippen LogP contribution >= 0.6 is 0 Å². The predicted octanol–water partition coefficient (Wildman–Crippen LogP) is 2.63. The lowest BCUT2D eigenvalue weighted by atomic mass is 10.0. The van der Waals surface area contributed by atoms with Gasteiger partial charge in [-0.3, -0.25) is 0 Å². The third-order valence-electron chi connectivity index (χ3n) is 4.52. The summed E-state index contributed by atoms with van der Waals surface area (Å²) in [4.78, 5) is 14.0. The van der Waals surface area contributed by atoms with E-state index in [4.69, 9.17) is 0 Å². The van der Waals surface area contributed by atoms with Gasteiger partial charge < -0.3 is 10.2 Å². The van der Waals surface area contributed by atoms with Crippen molar-refractivity contribution in [2.75, 3.05) is 32.7 Å². The van der Waals surface area contributed by atoms with Crippen molar-refractivity contribution >= 4 is 16.1 Å². The van der Waals surface area contributed by atoms with Gasteiger partial charge in [-0.25, -0.2) is 13.2 Å². The summed E-state index contributed by atoms with van der Waals surface area (Å²) in [6, 6.07) is 6.99. The summed E-state index contributed by atoms with van der Waals surface area (Å²) in [5, 5.41) is 2.87. The molecule has 2 rings (SSSR count). The Balaban J connectivity index is 1.95. The SMILES string of the molecule is CCCCNC(=O)N1CCN(S(=O)(=O)c2ccc(C(C)C)cc2)CC1. The molecule has 0 bridgehead atoms. The van der Waals surface area contributed by atoms with Crippen LogP contribution in [0.25, 0.3) is 0 Å². The molecule has 140 valence electrons. The molecule has 7 heteroatoms. The number of unbranched alkanes of at least 4 members (excludes halogenated alkanes) is 1. The molecular weight excluding hydrogens is 338 g/mol. The highest BCUT2D eigenvalue weighted by atomic mass is 32.2. The number of nitrogens with zero attached hydrogens (tertiary/aromatic N) is 2. The summed E-state index contributed by atoms with van der Waals surface area (Å²) in [6.45, 7) is 8.38. The lowest BCUT2D eigenvalue weighted by molar-refractivity contribution is 0.172. The average Bonchev–Trinajstić information content (AvgIpc) is 2.62. The van der Waals surface area contributed by atoms with Crippen LogP contribution < -0.4 is 5.32 Å². The first-order chi connectivity index (χ1) is 11.9. The highest BCUT2D eigenvalue weighted by molar-refractivity contribution is 7.89. The molecule has 1 N–H and O–H groups in total. The van der Waals surface area contributed by atoms with E-state index in [0.717, 1.165) is 18.4 Å². The minimum Gasteiger partial charge on any atom is -0.338 e. The zero-order valence-corrected chi connectivity index (χ0v) is 16.2. The van der Waals surface area contributed by atoms with Crippen molar-refractivity contribution in [3.8, 4) is 0 Å². The van der Waals surface area contributed by atoms with Gasteiger partial charge in [-0.1, -0.05) is 39.3 Å². The Kier molecular flexibility index (Phi) is 6.84. The molecule has 0 aliphatic carbocycles. The van der Waals surface area contributed by atoms with E-state index in [1.165, 1.54) is 4.31 Å². The Hall–Kier alpha value is -1.60. The van der Waals surface area contributed by atoms with Gasteiger partial charge in [0.25, 0.3) is 0 Å². The molecule has 0 radical (unpaired) electrons. The van der Waals surface area contributed by atoms with Gasteiger partial charge in [0.1, 0.15) is 0 Å². The number of carbonyl (C=O) groups excluding carboxylic acids is 1. The van der Waals surface area contributed by atoms with Gasteiger partial charge >= 0.3 is 6.03 Å². The molecule has 1 saturated heterocycles. The molecule has 0 atom stereocenters. The number of piperazine rings is 1. The van der Waals surface area contributed by atoms with Gasteiger partial charge in [-0.15, -0.1) is 0 Å². The van der Waals surface area contributed by atoms with Crippen molar-refractivity contribution in [2.45, 2.75) is 44.4 Å². The number of nitrogens with one attached hydrogen (secondary N) is 1. The van der Waals surface area contributed by atoms with Crippen LogP contribution in [0.1, 0.15) is 45.1 Å². The van der Waals surface area contributed by atoms with Gasteiger partial charge in [0.15, 0.2) is 0 Å². The Morgan fingerprint density at radius 2 is 1.72 bits per heavy atom. The first kappa shape index (κ1) is 19.7. The van der Waals surface area contributed by atoms with Crippen molar-refractivity contribution in [1.29, 1.82) is 0 Å². The third kappa shape index (κ3) is 4.95.